The lowest BCUT2D eigenvalue weighted by Gasteiger charge is -2.12. The first-order valence-electron chi connectivity index (χ1n) is 10.2. The first kappa shape index (κ1) is 18.8. The molecule has 0 atom stereocenters. The van der Waals surface area contributed by atoms with Crippen LogP contribution in [0.4, 0.5) is 11.5 Å². The summed E-state index contributed by atoms with van der Waals surface area (Å²) < 4.78 is 2.11. The number of nitrogens with zero attached hydrogens (tertiary/aromatic N) is 4. The largest absolute Gasteiger partial charge is 0.340 e. The average Bonchev–Trinajstić information content (AvgIpc) is 3.54. The van der Waals surface area contributed by atoms with Crippen LogP contribution >= 0.6 is 27.3 Å². The second-order valence-corrected chi connectivity index (χ2v) is 9.78. The van der Waals surface area contributed by atoms with Gasteiger partial charge in [0.2, 0.25) is 0 Å². The first-order chi connectivity index (χ1) is 15.1. The van der Waals surface area contributed by atoms with Gasteiger partial charge in [-0.3, -0.25) is 9.97 Å². The number of nitrogens with one attached hydrogen (secondary N) is 1. The van der Waals surface area contributed by atoms with E-state index in [0.29, 0.717) is 5.92 Å². The van der Waals surface area contributed by atoms with Gasteiger partial charge in [0.1, 0.15) is 5.82 Å². The molecule has 4 aromatic heterocycles. The van der Waals surface area contributed by atoms with Gasteiger partial charge in [0, 0.05) is 45.1 Å². The van der Waals surface area contributed by atoms with Crippen LogP contribution in [0.1, 0.15) is 29.5 Å². The molecule has 0 bridgehead atoms. The lowest BCUT2D eigenvalue weighted by molar-refractivity contribution is 1.10. The van der Waals surface area contributed by atoms with E-state index in [1.807, 2.05) is 43.6 Å². The molecule has 0 saturated heterocycles. The molecule has 5 aromatic rings. The molecular weight excluding hydrogens is 470 g/mol. The second-order valence-electron chi connectivity index (χ2n) is 7.87. The van der Waals surface area contributed by atoms with Crippen molar-refractivity contribution in [3.05, 3.63) is 70.0 Å². The molecule has 31 heavy (non-hydrogen) atoms. The Kier molecular flexibility index (Phi) is 4.47. The Bertz CT molecular complexity index is 1460. The summed E-state index contributed by atoms with van der Waals surface area (Å²) in [5.74, 6) is 1.46. The van der Waals surface area contributed by atoms with Crippen molar-refractivity contribution in [1.29, 1.82) is 0 Å². The molecule has 6 rings (SSSR count). The predicted molar refractivity (Wildman–Crippen MR) is 130 cm³/mol. The number of thiazole rings is 1. The SMILES string of the molecule is Cc1cc(-c2cc3ncccc3c(Nc3ccc4nc(C5CC5)sc4c3)n2)c(Br)cn1. The zero-order chi connectivity index (χ0) is 20.9. The quantitative estimate of drug-likeness (QED) is 0.295. The van der Waals surface area contributed by atoms with Crippen LogP contribution in [0.15, 0.2) is 59.3 Å². The van der Waals surface area contributed by atoms with E-state index in [4.69, 9.17) is 9.97 Å². The zero-order valence-electron chi connectivity index (χ0n) is 16.8. The fourth-order valence-corrected chi connectivity index (χ4v) is 5.31. The van der Waals surface area contributed by atoms with Crippen LogP contribution in [-0.2, 0) is 0 Å². The maximum Gasteiger partial charge on any atom is 0.140 e. The van der Waals surface area contributed by atoms with E-state index < -0.39 is 0 Å². The van der Waals surface area contributed by atoms with E-state index in [2.05, 4.69) is 49.4 Å². The molecule has 152 valence electrons. The van der Waals surface area contributed by atoms with Crippen LogP contribution in [-0.4, -0.2) is 19.9 Å². The van der Waals surface area contributed by atoms with Gasteiger partial charge in [-0.05, 0) is 78.2 Å². The Hall–Kier alpha value is -2.90. The van der Waals surface area contributed by atoms with E-state index in [-0.39, 0.29) is 0 Å². The number of aryl methyl sites for hydroxylation is 1. The lowest BCUT2D eigenvalue weighted by atomic mass is 10.1. The lowest BCUT2D eigenvalue weighted by Crippen LogP contribution is -1.98. The van der Waals surface area contributed by atoms with Gasteiger partial charge in [0.15, 0.2) is 0 Å². The van der Waals surface area contributed by atoms with Gasteiger partial charge in [-0.15, -0.1) is 11.3 Å². The summed E-state index contributed by atoms with van der Waals surface area (Å²) in [4.78, 5) is 18.7. The molecular formula is C24H18BrN5S. The number of benzene rings is 1. The number of fused-ring (bicyclic) bond motifs is 2. The highest BCUT2D eigenvalue weighted by atomic mass is 79.9. The Morgan fingerprint density at radius 3 is 2.81 bits per heavy atom. The van der Waals surface area contributed by atoms with Crippen LogP contribution in [0.5, 0.6) is 0 Å². The Labute approximate surface area is 191 Å². The van der Waals surface area contributed by atoms with Gasteiger partial charge in [-0.1, -0.05) is 0 Å². The molecule has 0 amide bonds. The van der Waals surface area contributed by atoms with Gasteiger partial charge in [-0.2, -0.15) is 0 Å². The van der Waals surface area contributed by atoms with Crippen molar-refractivity contribution in [3.8, 4) is 11.3 Å². The molecule has 1 aliphatic carbocycles. The maximum absolute atomic E-state index is 4.97. The third kappa shape index (κ3) is 3.58. The number of aromatic nitrogens is 4. The molecule has 0 spiro atoms. The minimum Gasteiger partial charge on any atom is -0.340 e. The molecule has 1 aromatic carbocycles. The smallest absolute Gasteiger partial charge is 0.140 e. The van der Waals surface area contributed by atoms with Crippen LogP contribution in [0.2, 0.25) is 0 Å². The second kappa shape index (κ2) is 7.35. The molecule has 0 radical (unpaired) electrons. The highest BCUT2D eigenvalue weighted by Gasteiger charge is 2.27. The number of hydrogen-bond donors (Lipinski definition) is 1. The monoisotopic (exact) mass is 487 g/mol. The number of hydrogen-bond acceptors (Lipinski definition) is 6. The number of rotatable bonds is 4. The van der Waals surface area contributed by atoms with Crippen LogP contribution in [0.25, 0.3) is 32.4 Å². The van der Waals surface area contributed by atoms with Crippen molar-refractivity contribution < 1.29 is 0 Å². The van der Waals surface area contributed by atoms with Crippen LogP contribution < -0.4 is 5.32 Å². The van der Waals surface area contributed by atoms with Crippen molar-refractivity contribution in [3.63, 3.8) is 0 Å². The van der Waals surface area contributed by atoms with Crippen LogP contribution in [0.3, 0.4) is 0 Å². The summed E-state index contributed by atoms with van der Waals surface area (Å²) in [6.45, 7) is 1.98. The van der Waals surface area contributed by atoms with E-state index in [9.17, 15) is 0 Å². The molecule has 1 fully saturated rings. The molecule has 1 aliphatic rings. The topological polar surface area (TPSA) is 63.6 Å². The molecule has 7 heteroatoms. The fourth-order valence-electron chi connectivity index (χ4n) is 3.71. The maximum atomic E-state index is 4.97. The summed E-state index contributed by atoms with van der Waals surface area (Å²) in [6, 6.07) is 14.4. The van der Waals surface area contributed by atoms with Gasteiger partial charge >= 0.3 is 0 Å². The molecule has 4 heterocycles. The fraction of sp³-hybridized carbons (Fsp3) is 0.167. The molecule has 0 unspecified atom stereocenters. The van der Waals surface area contributed by atoms with Gasteiger partial charge in [0.25, 0.3) is 0 Å². The minimum atomic E-state index is 0.671. The minimum absolute atomic E-state index is 0.671. The molecule has 1 saturated carbocycles. The van der Waals surface area contributed by atoms with Crippen LogP contribution in [0, 0.1) is 6.92 Å². The van der Waals surface area contributed by atoms with Crippen molar-refractivity contribution in [2.24, 2.45) is 0 Å². The van der Waals surface area contributed by atoms with Crippen molar-refractivity contribution in [2.75, 3.05) is 5.32 Å². The van der Waals surface area contributed by atoms with E-state index in [1.165, 1.54) is 22.5 Å². The molecule has 0 aliphatic heterocycles. The Morgan fingerprint density at radius 1 is 1.03 bits per heavy atom. The number of anilines is 2. The molecule has 1 N–H and O–H groups in total. The zero-order valence-corrected chi connectivity index (χ0v) is 19.2. The third-order valence-corrected chi connectivity index (χ3v) is 7.27. The summed E-state index contributed by atoms with van der Waals surface area (Å²) in [6.07, 6.45) is 6.16. The summed E-state index contributed by atoms with van der Waals surface area (Å²) in [7, 11) is 0. The summed E-state index contributed by atoms with van der Waals surface area (Å²) >= 11 is 5.42. The van der Waals surface area contributed by atoms with Crippen molar-refractivity contribution in [1.82, 2.24) is 19.9 Å². The third-order valence-electron chi connectivity index (χ3n) is 5.46. The summed E-state index contributed by atoms with van der Waals surface area (Å²) in [5.41, 5.74) is 5.75. The average molecular weight is 488 g/mol. The predicted octanol–water partition coefficient (Wildman–Crippen LogP) is 6.99. The highest BCUT2D eigenvalue weighted by molar-refractivity contribution is 9.10. The van der Waals surface area contributed by atoms with E-state index in [0.717, 1.165) is 49.3 Å². The van der Waals surface area contributed by atoms with Gasteiger partial charge in [-0.25, -0.2) is 9.97 Å². The summed E-state index contributed by atoms with van der Waals surface area (Å²) in [5, 5.41) is 5.78. The standard InChI is InChI=1S/C24H18BrN5S/c1-13-9-17(18(25)12-27-13)21-11-20-16(3-2-8-26-20)23(29-21)28-15-6-7-19-22(10-15)31-24(30-19)14-4-5-14/h2-3,6-12,14H,4-5H2,1H3,(H,28,29). The van der Waals surface area contributed by atoms with E-state index in [1.54, 1.807) is 11.3 Å². The van der Waals surface area contributed by atoms with Gasteiger partial charge < -0.3 is 5.32 Å². The van der Waals surface area contributed by atoms with Gasteiger partial charge in [0.05, 0.1) is 26.4 Å². The Morgan fingerprint density at radius 2 is 1.94 bits per heavy atom. The normalized spacial score (nSPS) is 13.7. The Balaban J connectivity index is 1.45. The van der Waals surface area contributed by atoms with Crippen molar-refractivity contribution >= 4 is 59.9 Å². The number of halogens is 1. The first-order valence-corrected chi connectivity index (χ1v) is 11.8. The van der Waals surface area contributed by atoms with E-state index >= 15 is 0 Å². The number of pyridine rings is 3. The molecule has 5 nitrogen and oxygen atoms in total. The van der Waals surface area contributed by atoms with Crippen molar-refractivity contribution in [2.45, 2.75) is 25.7 Å². The highest BCUT2D eigenvalue weighted by Crippen LogP contribution is 2.43.